The van der Waals surface area contributed by atoms with E-state index in [-0.39, 0.29) is 11.2 Å². The number of thioether (sulfide) groups is 1. The maximum atomic E-state index is 11.5. The number of aryl methyl sites for hydroxylation is 1. The Hall–Kier alpha value is -0.970. The van der Waals surface area contributed by atoms with Crippen LogP contribution in [0, 0.1) is 0 Å². The van der Waals surface area contributed by atoms with Gasteiger partial charge in [-0.1, -0.05) is 11.8 Å². The first-order chi connectivity index (χ1) is 6.52. The Morgan fingerprint density at radius 1 is 1.64 bits per heavy atom. The van der Waals surface area contributed by atoms with E-state index in [9.17, 15) is 4.79 Å². The van der Waals surface area contributed by atoms with E-state index in [1.807, 2.05) is 24.7 Å². The molecule has 5 heteroatoms. The van der Waals surface area contributed by atoms with Crippen molar-refractivity contribution in [3.05, 3.63) is 12.4 Å². The van der Waals surface area contributed by atoms with Gasteiger partial charge in [0, 0.05) is 33.5 Å². The van der Waals surface area contributed by atoms with Gasteiger partial charge in [-0.25, -0.2) is 4.98 Å². The van der Waals surface area contributed by atoms with Crippen LogP contribution in [0.25, 0.3) is 0 Å². The summed E-state index contributed by atoms with van der Waals surface area (Å²) in [6, 6.07) is 0. The largest absolute Gasteiger partial charge is 0.348 e. The van der Waals surface area contributed by atoms with Crippen LogP contribution in [0.3, 0.4) is 0 Å². The topological polar surface area (TPSA) is 38.1 Å². The standard InChI is InChI=1S/C9H15N3OS/c1-7(8(13)11(2)3)14-9-10-5-6-12(9)4/h5-7H,1-4H3. The fraction of sp³-hybridized carbons (Fsp3) is 0.556. The zero-order chi connectivity index (χ0) is 10.7. The Labute approximate surface area is 88.3 Å². The van der Waals surface area contributed by atoms with Crippen LogP contribution in [0.2, 0.25) is 0 Å². The molecule has 0 saturated carbocycles. The molecule has 0 bridgehead atoms. The summed E-state index contributed by atoms with van der Waals surface area (Å²) in [6.07, 6.45) is 3.60. The summed E-state index contributed by atoms with van der Waals surface area (Å²) >= 11 is 1.47. The molecule has 0 fully saturated rings. The third-order valence-corrected chi connectivity index (χ3v) is 3.01. The minimum Gasteiger partial charge on any atom is -0.348 e. The monoisotopic (exact) mass is 213 g/mol. The van der Waals surface area contributed by atoms with E-state index in [2.05, 4.69) is 4.98 Å². The number of rotatable bonds is 3. The van der Waals surface area contributed by atoms with Crippen LogP contribution >= 0.6 is 11.8 Å². The fourth-order valence-electron chi connectivity index (χ4n) is 1.04. The lowest BCUT2D eigenvalue weighted by molar-refractivity contribution is -0.127. The molecule has 0 spiro atoms. The number of carbonyl (C=O) groups is 1. The van der Waals surface area contributed by atoms with Crippen LogP contribution in [0.4, 0.5) is 0 Å². The van der Waals surface area contributed by atoms with Gasteiger partial charge in [0.25, 0.3) is 0 Å². The highest BCUT2D eigenvalue weighted by Gasteiger charge is 2.17. The molecule has 1 rings (SSSR count). The molecule has 0 saturated heterocycles. The van der Waals surface area contributed by atoms with E-state index in [1.165, 1.54) is 11.8 Å². The fourth-order valence-corrected chi connectivity index (χ4v) is 2.01. The molecule has 1 heterocycles. The summed E-state index contributed by atoms with van der Waals surface area (Å²) in [5.41, 5.74) is 0. The first-order valence-electron chi connectivity index (χ1n) is 4.37. The van der Waals surface area contributed by atoms with Gasteiger partial charge in [0.15, 0.2) is 5.16 Å². The Kier molecular flexibility index (Phi) is 3.57. The highest BCUT2D eigenvalue weighted by atomic mass is 32.2. The lowest BCUT2D eigenvalue weighted by Gasteiger charge is -2.15. The first-order valence-corrected chi connectivity index (χ1v) is 5.25. The van der Waals surface area contributed by atoms with E-state index in [0.717, 1.165) is 5.16 Å². The van der Waals surface area contributed by atoms with Crippen LogP contribution < -0.4 is 0 Å². The normalized spacial score (nSPS) is 12.6. The van der Waals surface area contributed by atoms with E-state index in [0.29, 0.717) is 0 Å². The maximum absolute atomic E-state index is 11.5. The minimum atomic E-state index is -0.0916. The van der Waals surface area contributed by atoms with Crippen molar-refractivity contribution in [3.63, 3.8) is 0 Å². The van der Waals surface area contributed by atoms with E-state index < -0.39 is 0 Å². The first kappa shape index (κ1) is 11.1. The Balaban J connectivity index is 2.62. The van der Waals surface area contributed by atoms with Gasteiger partial charge in [-0.05, 0) is 6.92 Å². The summed E-state index contributed by atoms with van der Waals surface area (Å²) < 4.78 is 1.91. The highest BCUT2D eigenvalue weighted by molar-refractivity contribution is 8.00. The second kappa shape index (κ2) is 4.50. The summed E-state index contributed by atoms with van der Waals surface area (Å²) in [6.45, 7) is 1.89. The van der Waals surface area contributed by atoms with Crippen molar-refractivity contribution in [3.8, 4) is 0 Å². The van der Waals surface area contributed by atoms with Gasteiger partial charge < -0.3 is 9.47 Å². The molecule has 1 unspecified atom stereocenters. The number of hydrogen-bond donors (Lipinski definition) is 0. The van der Waals surface area contributed by atoms with Gasteiger partial charge in [-0.2, -0.15) is 0 Å². The van der Waals surface area contributed by atoms with E-state index in [4.69, 9.17) is 0 Å². The van der Waals surface area contributed by atoms with Crippen LogP contribution in [0.15, 0.2) is 17.6 Å². The lowest BCUT2D eigenvalue weighted by Crippen LogP contribution is -2.29. The third kappa shape index (κ3) is 2.51. The maximum Gasteiger partial charge on any atom is 0.235 e. The zero-order valence-corrected chi connectivity index (χ0v) is 9.71. The number of nitrogens with zero attached hydrogens (tertiary/aromatic N) is 3. The van der Waals surface area contributed by atoms with Gasteiger partial charge in [0.05, 0.1) is 5.25 Å². The molecule has 1 aromatic heterocycles. The van der Waals surface area contributed by atoms with Crippen LogP contribution in [-0.2, 0) is 11.8 Å². The third-order valence-electron chi connectivity index (χ3n) is 1.85. The lowest BCUT2D eigenvalue weighted by atomic mass is 10.4. The Morgan fingerprint density at radius 3 is 2.71 bits per heavy atom. The molecule has 1 aromatic rings. The smallest absolute Gasteiger partial charge is 0.235 e. The van der Waals surface area contributed by atoms with Crippen molar-refractivity contribution in [2.75, 3.05) is 14.1 Å². The number of imidazole rings is 1. The van der Waals surface area contributed by atoms with Gasteiger partial charge in [0.1, 0.15) is 0 Å². The quantitative estimate of drug-likeness (QED) is 0.703. The Morgan fingerprint density at radius 2 is 2.29 bits per heavy atom. The van der Waals surface area contributed by atoms with Crippen molar-refractivity contribution >= 4 is 17.7 Å². The summed E-state index contributed by atoms with van der Waals surface area (Å²) in [4.78, 5) is 17.3. The number of amides is 1. The second-order valence-electron chi connectivity index (χ2n) is 3.31. The van der Waals surface area contributed by atoms with Crippen LogP contribution in [0.5, 0.6) is 0 Å². The number of hydrogen-bond acceptors (Lipinski definition) is 3. The van der Waals surface area contributed by atoms with Crippen molar-refractivity contribution in [1.29, 1.82) is 0 Å². The van der Waals surface area contributed by atoms with E-state index >= 15 is 0 Å². The van der Waals surface area contributed by atoms with Crippen molar-refractivity contribution in [2.24, 2.45) is 7.05 Å². The minimum absolute atomic E-state index is 0.0916. The molecule has 0 aliphatic heterocycles. The van der Waals surface area contributed by atoms with Gasteiger partial charge in [0.2, 0.25) is 5.91 Å². The predicted molar refractivity (Wildman–Crippen MR) is 57.2 cm³/mol. The van der Waals surface area contributed by atoms with Crippen molar-refractivity contribution in [2.45, 2.75) is 17.3 Å². The average Bonchev–Trinajstić information content (AvgIpc) is 2.50. The molecule has 4 nitrogen and oxygen atoms in total. The molecule has 1 amide bonds. The predicted octanol–water partition coefficient (Wildman–Crippen LogP) is 0.989. The highest BCUT2D eigenvalue weighted by Crippen LogP contribution is 2.21. The SMILES string of the molecule is CC(Sc1nccn1C)C(=O)N(C)C. The van der Waals surface area contributed by atoms with E-state index in [1.54, 1.807) is 25.2 Å². The Bertz CT molecular complexity index is 322. The molecule has 0 aliphatic rings. The molecule has 14 heavy (non-hydrogen) atoms. The van der Waals surface area contributed by atoms with Crippen LogP contribution in [-0.4, -0.2) is 39.7 Å². The summed E-state index contributed by atoms with van der Waals surface area (Å²) in [7, 11) is 5.44. The summed E-state index contributed by atoms with van der Waals surface area (Å²) in [5.74, 6) is 0.109. The molecular formula is C9H15N3OS. The number of carbonyl (C=O) groups excluding carboxylic acids is 1. The number of aromatic nitrogens is 2. The second-order valence-corrected chi connectivity index (χ2v) is 4.62. The molecule has 78 valence electrons. The average molecular weight is 213 g/mol. The van der Waals surface area contributed by atoms with Gasteiger partial charge in [-0.3, -0.25) is 4.79 Å². The van der Waals surface area contributed by atoms with Gasteiger partial charge >= 0.3 is 0 Å². The van der Waals surface area contributed by atoms with Crippen molar-refractivity contribution in [1.82, 2.24) is 14.5 Å². The molecule has 0 aliphatic carbocycles. The molecule has 0 radical (unpaired) electrons. The van der Waals surface area contributed by atoms with Gasteiger partial charge in [-0.15, -0.1) is 0 Å². The molecule has 0 aromatic carbocycles. The zero-order valence-electron chi connectivity index (χ0n) is 8.89. The molecule has 1 atom stereocenters. The van der Waals surface area contributed by atoms with Crippen LogP contribution in [0.1, 0.15) is 6.92 Å². The molecule has 0 N–H and O–H groups in total. The van der Waals surface area contributed by atoms with Crippen molar-refractivity contribution < 1.29 is 4.79 Å². The molecular weight excluding hydrogens is 198 g/mol. The summed E-state index contributed by atoms with van der Waals surface area (Å²) in [5, 5.41) is 0.777.